The number of esters is 1. The number of nitrogens with zero attached hydrogens (tertiary/aromatic N) is 6. The third kappa shape index (κ3) is 4.89. The summed E-state index contributed by atoms with van der Waals surface area (Å²) < 4.78 is 6.86. The summed E-state index contributed by atoms with van der Waals surface area (Å²) in [4.78, 5) is 28.2. The van der Waals surface area contributed by atoms with Crippen LogP contribution in [0.5, 0.6) is 5.75 Å². The first kappa shape index (κ1) is 21.0. The van der Waals surface area contributed by atoms with Crippen LogP contribution < -0.4 is 4.74 Å². The SMILES string of the molecule is CC(=O)Oc1ccccc1C(=O)N1CCN(Cc2nnnn2-c2ccc(Cl)cc2)CC1. The summed E-state index contributed by atoms with van der Waals surface area (Å²) in [5, 5.41) is 12.7. The van der Waals surface area contributed by atoms with E-state index in [1.165, 1.54) is 6.92 Å². The van der Waals surface area contributed by atoms with Gasteiger partial charge in [-0.3, -0.25) is 14.5 Å². The van der Waals surface area contributed by atoms with Gasteiger partial charge in [0.25, 0.3) is 5.91 Å². The summed E-state index contributed by atoms with van der Waals surface area (Å²) in [7, 11) is 0. The van der Waals surface area contributed by atoms with Crippen molar-refractivity contribution < 1.29 is 14.3 Å². The van der Waals surface area contributed by atoms with Crippen molar-refractivity contribution in [3.63, 3.8) is 0 Å². The molecular weight excluding hydrogens is 420 g/mol. The van der Waals surface area contributed by atoms with Crippen molar-refractivity contribution in [2.75, 3.05) is 26.2 Å². The number of amides is 1. The van der Waals surface area contributed by atoms with Crippen molar-refractivity contribution >= 4 is 23.5 Å². The van der Waals surface area contributed by atoms with Crippen molar-refractivity contribution in [1.82, 2.24) is 30.0 Å². The van der Waals surface area contributed by atoms with E-state index in [0.717, 1.165) is 5.69 Å². The number of tetrazole rings is 1. The van der Waals surface area contributed by atoms with Crippen LogP contribution in [0.4, 0.5) is 0 Å². The molecule has 1 fully saturated rings. The quantitative estimate of drug-likeness (QED) is 0.443. The van der Waals surface area contributed by atoms with Gasteiger partial charge in [0.2, 0.25) is 0 Å². The molecule has 0 aliphatic carbocycles. The molecule has 2 heterocycles. The largest absolute Gasteiger partial charge is 0.426 e. The van der Waals surface area contributed by atoms with Crippen LogP contribution >= 0.6 is 11.6 Å². The number of rotatable bonds is 5. The minimum atomic E-state index is -0.455. The van der Waals surface area contributed by atoms with E-state index < -0.39 is 5.97 Å². The highest BCUT2D eigenvalue weighted by Crippen LogP contribution is 2.21. The van der Waals surface area contributed by atoms with Gasteiger partial charge in [0.15, 0.2) is 5.82 Å². The molecule has 3 aromatic rings. The van der Waals surface area contributed by atoms with E-state index in [0.29, 0.717) is 49.1 Å². The van der Waals surface area contributed by atoms with Crippen LogP contribution in [0.2, 0.25) is 5.02 Å². The molecule has 4 rings (SSSR count). The Balaban J connectivity index is 1.39. The van der Waals surface area contributed by atoms with E-state index in [4.69, 9.17) is 16.3 Å². The summed E-state index contributed by atoms with van der Waals surface area (Å²) in [6.45, 7) is 4.33. The predicted molar refractivity (Wildman–Crippen MR) is 113 cm³/mol. The summed E-state index contributed by atoms with van der Waals surface area (Å²) in [5.41, 5.74) is 1.22. The average Bonchev–Trinajstić information content (AvgIpc) is 3.22. The molecule has 160 valence electrons. The van der Waals surface area contributed by atoms with Gasteiger partial charge in [0.05, 0.1) is 17.8 Å². The van der Waals surface area contributed by atoms with Crippen molar-refractivity contribution in [3.05, 3.63) is 64.9 Å². The molecule has 2 aromatic carbocycles. The molecular formula is C21H21ClN6O3. The Hall–Kier alpha value is -3.30. The summed E-state index contributed by atoms with van der Waals surface area (Å²) in [5.74, 6) is 0.387. The van der Waals surface area contributed by atoms with Gasteiger partial charge < -0.3 is 9.64 Å². The zero-order chi connectivity index (χ0) is 21.8. The monoisotopic (exact) mass is 440 g/mol. The lowest BCUT2D eigenvalue weighted by atomic mass is 10.1. The Kier molecular flexibility index (Phi) is 6.24. The second-order valence-corrected chi connectivity index (χ2v) is 7.58. The molecule has 10 heteroatoms. The Labute approximate surface area is 184 Å². The molecule has 0 N–H and O–H groups in total. The molecule has 1 amide bonds. The number of aromatic nitrogens is 4. The van der Waals surface area contributed by atoms with Crippen molar-refractivity contribution in [2.45, 2.75) is 13.5 Å². The minimum absolute atomic E-state index is 0.150. The normalized spacial score (nSPS) is 14.5. The summed E-state index contributed by atoms with van der Waals surface area (Å²) in [6.07, 6.45) is 0. The number of hydrogen-bond donors (Lipinski definition) is 0. The maximum Gasteiger partial charge on any atom is 0.308 e. The van der Waals surface area contributed by atoms with Gasteiger partial charge in [-0.05, 0) is 46.8 Å². The fourth-order valence-electron chi connectivity index (χ4n) is 3.45. The van der Waals surface area contributed by atoms with Gasteiger partial charge in [-0.2, -0.15) is 4.68 Å². The van der Waals surface area contributed by atoms with Gasteiger partial charge in [0.1, 0.15) is 5.75 Å². The Morgan fingerprint density at radius 2 is 1.74 bits per heavy atom. The molecule has 0 bridgehead atoms. The lowest BCUT2D eigenvalue weighted by molar-refractivity contribution is -0.131. The third-order valence-electron chi connectivity index (χ3n) is 5.00. The highest BCUT2D eigenvalue weighted by molar-refractivity contribution is 6.30. The van der Waals surface area contributed by atoms with Crippen LogP contribution in [0.1, 0.15) is 23.1 Å². The number of carbonyl (C=O) groups excluding carboxylic acids is 2. The van der Waals surface area contributed by atoms with Crippen LogP contribution in [0, 0.1) is 0 Å². The number of ether oxygens (including phenoxy) is 1. The number of para-hydroxylation sites is 1. The minimum Gasteiger partial charge on any atom is -0.426 e. The number of benzene rings is 2. The van der Waals surface area contributed by atoms with Crippen LogP contribution in [0.3, 0.4) is 0 Å². The first-order valence-corrected chi connectivity index (χ1v) is 10.2. The molecule has 0 spiro atoms. The number of carbonyl (C=O) groups is 2. The lowest BCUT2D eigenvalue weighted by Gasteiger charge is -2.34. The average molecular weight is 441 g/mol. The van der Waals surface area contributed by atoms with Crippen LogP contribution in [0.15, 0.2) is 48.5 Å². The number of piperazine rings is 1. The molecule has 9 nitrogen and oxygen atoms in total. The smallest absolute Gasteiger partial charge is 0.308 e. The zero-order valence-electron chi connectivity index (χ0n) is 16.9. The first-order valence-electron chi connectivity index (χ1n) is 9.83. The fourth-order valence-corrected chi connectivity index (χ4v) is 3.58. The maximum absolute atomic E-state index is 13.0. The van der Waals surface area contributed by atoms with Crippen LogP contribution in [-0.2, 0) is 11.3 Å². The molecule has 31 heavy (non-hydrogen) atoms. The van der Waals surface area contributed by atoms with E-state index >= 15 is 0 Å². The second-order valence-electron chi connectivity index (χ2n) is 7.14. The van der Waals surface area contributed by atoms with Gasteiger partial charge in [-0.25, -0.2) is 0 Å². The van der Waals surface area contributed by atoms with E-state index in [9.17, 15) is 9.59 Å². The Morgan fingerprint density at radius 3 is 2.45 bits per heavy atom. The number of halogens is 1. The highest BCUT2D eigenvalue weighted by atomic mass is 35.5. The van der Waals surface area contributed by atoms with Gasteiger partial charge >= 0.3 is 5.97 Å². The second kappa shape index (κ2) is 9.23. The lowest BCUT2D eigenvalue weighted by Crippen LogP contribution is -2.48. The summed E-state index contributed by atoms with van der Waals surface area (Å²) in [6, 6.07) is 14.1. The van der Waals surface area contributed by atoms with E-state index in [1.54, 1.807) is 46.0 Å². The fraction of sp³-hybridized carbons (Fsp3) is 0.286. The van der Waals surface area contributed by atoms with Crippen molar-refractivity contribution in [1.29, 1.82) is 0 Å². The topological polar surface area (TPSA) is 93.5 Å². The maximum atomic E-state index is 13.0. The molecule has 1 aromatic heterocycles. The van der Waals surface area contributed by atoms with Gasteiger partial charge in [-0.15, -0.1) is 5.10 Å². The molecule has 1 saturated heterocycles. The first-order chi connectivity index (χ1) is 15.0. The third-order valence-corrected chi connectivity index (χ3v) is 5.25. The van der Waals surface area contributed by atoms with Crippen molar-refractivity contribution in [2.24, 2.45) is 0 Å². The molecule has 1 aliphatic rings. The zero-order valence-corrected chi connectivity index (χ0v) is 17.7. The molecule has 0 saturated carbocycles. The standard InChI is InChI=1S/C21H21ClN6O3/c1-15(29)31-19-5-3-2-4-18(19)21(30)27-12-10-26(11-13-27)14-20-23-24-25-28(20)17-8-6-16(22)7-9-17/h2-9H,10-14H2,1H3. The molecule has 1 aliphatic heterocycles. The Bertz CT molecular complexity index is 1080. The highest BCUT2D eigenvalue weighted by Gasteiger charge is 2.25. The molecule has 0 unspecified atom stereocenters. The molecule has 0 radical (unpaired) electrons. The number of hydrogen-bond acceptors (Lipinski definition) is 7. The van der Waals surface area contributed by atoms with Gasteiger partial charge in [0, 0.05) is 38.1 Å². The summed E-state index contributed by atoms with van der Waals surface area (Å²) >= 11 is 5.96. The van der Waals surface area contributed by atoms with E-state index in [2.05, 4.69) is 20.4 Å². The predicted octanol–water partition coefficient (Wildman–Crippen LogP) is 2.20. The van der Waals surface area contributed by atoms with Crippen LogP contribution in [0.25, 0.3) is 5.69 Å². The molecule has 0 atom stereocenters. The van der Waals surface area contributed by atoms with E-state index in [-0.39, 0.29) is 11.7 Å². The van der Waals surface area contributed by atoms with Crippen LogP contribution in [-0.4, -0.2) is 68.1 Å². The van der Waals surface area contributed by atoms with Gasteiger partial charge in [-0.1, -0.05) is 23.7 Å². The van der Waals surface area contributed by atoms with Crippen molar-refractivity contribution in [3.8, 4) is 11.4 Å². The van der Waals surface area contributed by atoms with E-state index in [1.807, 2.05) is 12.1 Å². The Morgan fingerprint density at radius 1 is 1.03 bits per heavy atom.